The minimum Gasteiger partial charge on any atom is -0.497 e. The molecule has 1 aromatic rings. The molecule has 0 fully saturated rings. The minimum absolute atomic E-state index is 0.688. The Labute approximate surface area is 144 Å². The summed E-state index contributed by atoms with van der Waals surface area (Å²) in [5, 5.41) is 1.48. The van der Waals surface area contributed by atoms with Crippen LogP contribution in [0.15, 0.2) is 12.1 Å². The van der Waals surface area contributed by atoms with E-state index in [1.807, 2.05) is 7.11 Å². The van der Waals surface area contributed by atoms with Gasteiger partial charge in [-0.25, -0.2) is 0 Å². The van der Waals surface area contributed by atoms with E-state index in [0.717, 1.165) is 6.42 Å². The molecule has 0 amide bonds. The third kappa shape index (κ3) is 4.19. The molecule has 130 valence electrons. The zero-order chi connectivity index (χ0) is 17.0. The van der Waals surface area contributed by atoms with Crippen LogP contribution in [0.5, 0.6) is 5.75 Å². The Morgan fingerprint density at radius 3 is 2.30 bits per heavy atom. The Morgan fingerprint density at radius 1 is 1.13 bits per heavy atom. The van der Waals surface area contributed by atoms with Crippen LogP contribution < -0.4 is 9.92 Å². The van der Waals surface area contributed by atoms with Crippen molar-refractivity contribution in [2.45, 2.75) is 71.6 Å². The maximum Gasteiger partial charge on any atom is 0.121 e. The summed E-state index contributed by atoms with van der Waals surface area (Å²) in [5.41, 5.74) is 3.02. The highest BCUT2D eigenvalue weighted by Crippen LogP contribution is 2.32. The molecule has 0 unspecified atom stereocenters. The van der Waals surface area contributed by atoms with Crippen LogP contribution >= 0.6 is 0 Å². The molecule has 0 saturated carbocycles. The van der Waals surface area contributed by atoms with E-state index in [1.54, 1.807) is 0 Å². The second-order valence-electron chi connectivity index (χ2n) is 7.97. The Kier molecular flexibility index (Phi) is 6.32. The van der Waals surface area contributed by atoms with Gasteiger partial charge in [0.25, 0.3) is 0 Å². The van der Waals surface area contributed by atoms with Crippen molar-refractivity contribution in [3.8, 4) is 5.75 Å². The van der Waals surface area contributed by atoms with Gasteiger partial charge in [0.1, 0.15) is 5.75 Å². The monoisotopic (exact) mass is 333 g/mol. The fourth-order valence-electron chi connectivity index (χ4n) is 3.97. The molecule has 0 aliphatic heterocycles. The molecule has 23 heavy (non-hydrogen) atoms. The van der Waals surface area contributed by atoms with E-state index < -0.39 is 8.07 Å². The highest BCUT2D eigenvalue weighted by Gasteiger charge is 2.30. The van der Waals surface area contributed by atoms with Crippen molar-refractivity contribution in [3.05, 3.63) is 23.3 Å². The largest absolute Gasteiger partial charge is 0.497 e. The van der Waals surface area contributed by atoms with Crippen LogP contribution in [0.25, 0.3) is 0 Å². The summed E-state index contributed by atoms with van der Waals surface area (Å²) in [6.07, 6.45) is 6.15. The van der Waals surface area contributed by atoms with Gasteiger partial charge in [-0.1, -0.05) is 45.6 Å². The molecule has 0 spiro atoms. The number of aryl methyl sites for hydroxylation is 1. The fourth-order valence-corrected chi connectivity index (χ4v) is 5.49. The molecule has 0 aromatic heterocycles. The topological polar surface area (TPSA) is 12.5 Å². The Balaban J connectivity index is 2.34. The summed E-state index contributed by atoms with van der Waals surface area (Å²) in [6, 6.07) is 5.42. The smallest absolute Gasteiger partial charge is 0.121 e. The summed E-state index contributed by atoms with van der Waals surface area (Å²) in [7, 11) is 0.484. The summed E-state index contributed by atoms with van der Waals surface area (Å²) >= 11 is 0. The minimum atomic E-state index is -1.38. The maximum absolute atomic E-state index is 5.93. The van der Waals surface area contributed by atoms with Crippen molar-refractivity contribution < 1.29 is 4.74 Å². The lowest BCUT2D eigenvalue weighted by atomic mass is 9.86. The molecule has 1 aliphatic rings. The molecule has 2 rings (SSSR count). The van der Waals surface area contributed by atoms with E-state index in [0.29, 0.717) is 6.04 Å². The van der Waals surface area contributed by atoms with Gasteiger partial charge in [0.2, 0.25) is 0 Å². The summed E-state index contributed by atoms with van der Waals surface area (Å²) in [5.74, 6) is 1.21. The average molecular weight is 334 g/mol. The quantitative estimate of drug-likeness (QED) is 0.693. The zero-order valence-corrected chi connectivity index (χ0v) is 17.0. The Hall–Kier alpha value is -0.803. The molecular weight excluding hydrogens is 298 g/mol. The SMILES string of the molecule is CCCN(CCC)[C@@H]1CCc2ccc([Si](C)(C)C)c(OC)c2C1. The molecule has 0 radical (unpaired) electrons. The summed E-state index contributed by atoms with van der Waals surface area (Å²) < 4.78 is 5.93. The first kappa shape index (κ1) is 18.5. The third-order valence-corrected chi connectivity index (χ3v) is 7.10. The predicted octanol–water partition coefficient (Wildman–Crippen LogP) is 4.22. The van der Waals surface area contributed by atoms with Crippen LogP contribution in [0.4, 0.5) is 0 Å². The first-order valence-corrected chi connectivity index (χ1v) is 12.9. The van der Waals surface area contributed by atoms with Crippen molar-refractivity contribution in [2.75, 3.05) is 20.2 Å². The van der Waals surface area contributed by atoms with Crippen molar-refractivity contribution >= 4 is 13.3 Å². The van der Waals surface area contributed by atoms with Crippen LogP contribution in [-0.2, 0) is 12.8 Å². The van der Waals surface area contributed by atoms with Gasteiger partial charge in [0.15, 0.2) is 0 Å². The van der Waals surface area contributed by atoms with E-state index in [-0.39, 0.29) is 0 Å². The van der Waals surface area contributed by atoms with Crippen LogP contribution in [0, 0.1) is 0 Å². The lowest BCUT2D eigenvalue weighted by molar-refractivity contribution is 0.179. The maximum atomic E-state index is 5.93. The van der Waals surface area contributed by atoms with E-state index in [9.17, 15) is 0 Å². The van der Waals surface area contributed by atoms with E-state index in [4.69, 9.17) is 4.74 Å². The Bertz CT molecular complexity index is 515. The van der Waals surface area contributed by atoms with E-state index in [1.165, 1.54) is 60.8 Å². The van der Waals surface area contributed by atoms with Gasteiger partial charge in [0, 0.05) is 6.04 Å². The standard InChI is InChI=1S/C20H35NOSi/c1-7-13-21(14-8-2)17-11-9-16-10-12-19(23(4,5)6)20(22-3)18(16)15-17/h10,12,17H,7-9,11,13-15H2,1-6H3/t17-/m1/s1. The third-order valence-electron chi connectivity index (χ3n) is 5.09. The second kappa shape index (κ2) is 7.85. The van der Waals surface area contributed by atoms with Crippen LogP contribution in [-0.4, -0.2) is 39.2 Å². The van der Waals surface area contributed by atoms with Gasteiger partial charge in [0.05, 0.1) is 15.2 Å². The summed E-state index contributed by atoms with van der Waals surface area (Å²) in [6.45, 7) is 14.3. The van der Waals surface area contributed by atoms with Gasteiger partial charge in [-0.15, -0.1) is 0 Å². The number of methoxy groups -OCH3 is 1. The molecule has 1 aromatic carbocycles. The van der Waals surface area contributed by atoms with Gasteiger partial charge >= 0.3 is 0 Å². The fraction of sp³-hybridized carbons (Fsp3) is 0.700. The molecule has 0 heterocycles. The predicted molar refractivity (Wildman–Crippen MR) is 104 cm³/mol. The first-order valence-electron chi connectivity index (χ1n) is 9.35. The number of rotatable bonds is 7. The van der Waals surface area contributed by atoms with Crippen LogP contribution in [0.3, 0.4) is 0 Å². The van der Waals surface area contributed by atoms with Crippen molar-refractivity contribution in [1.82, 2.24) is 4.90 Å². The highest BCUT2D eigenvalue weighted by molar-refractivity contribution is 6.89. The molecular formula is C20H35NOSi. The second-order valence-corrected chi connectivity index (χ2v) is 13.0. The van der Waals surface area contributed by atoms with Crippen molar-refractivity contribution in [1.29, 1.82) is 0 Å². The first-order chi connectivity index (χ1) is 10.9. The molecule has 3 heteroatoms. The van der Waals surface area contributed by atoms with Crippen molar-refractivity contribution in [3.63, 3.8) is 0 Å². The number of hydrogen-bond donors (Lipinski definition) is 0. The zero-order valence-electron chi connectivity index (χ0n) is 16.0. The van der Waals surface area contributed by atoms with Gasteiger partial charge in [-0.05, 0) is 61.5 Å². The molecule has 0 saturated heterocycles. The van der Waals surface area contributed by atoms with Gasteiger partial charge in [-0.2, -0.15) is 0 Å². The van der Waals surface area contributed by atoms with Gasteiger partial charge in [-0.3, -0.25) is 0 Å². The number of hydrogen-bond acceptors (Lipinski definition) is 2. The van der Waals surface area contributed by atoms with Crippen LogP contribution in [0.1, 0.15) is 44.2 Å². The number of nitrogens with zero attached hydrogens (tertiary/aromatic N) is 1. The molecule has 2 nitrogen and oxygen atoms in total. The molecule has 0 N–H and O–H groups in total. The van der Waals surface area contributed by atoms with Crippen molar-refractivity contribution in [2.24, 2.45) is 0 Å². The highest BCUT2D eigenvalue weighted by atomic mass is 28.3. The Morgan fingerprint density at radius 2 is 1.78 bits per heavy atom. The molecule has 0 bridgehead atoms. The van der Waals surface area contributed by atoms with E-state index in [2.05, 4.69) is 50.5 Å². The van der Waals surface area contributed by atoms with E-state index >= 15 is 0 Å². The lowest BCUT2D eigenvalue weighted by Gasteiger charge is -2.36. The summed E-state index contributed by atoms with van der Waals surface area (Å²) in [4.78, 5) is 2.71. The normalized spacial score (nSPS) is 18.1. The number of fused-ring (bicyclic) bond motifs is 1. The van der Waals surface area contributed by atoms with Crippen LogP contribution in [0.2, 0.25) is 19.6 Å². The molecule has 1 aliphatic carbocycles. The number of ether oxygens (including phenoxy) is 1. The van der Waals surface area contributed by atoms with Gasteiger partial charge < -0.3 is 9.64 Å². The lowest BCUT2D eigenvalue weighted by Crippen LogP contribution is -2.43. The molecule has 1 atom stereocenters. The average Bonchev–Trinajstić information content (AvgIpc) is 2.52. The number of benzene rings is 1.